The second-order valence-corrected chi connectivity index (χ2v) is 5.22. The number of hydrazone groups is 1. The van der Waals surface area contributed by atoms with Gasteiger partial charge in [0.1, 0.15) is 0 Å². The fourth-order valence-electron chi connectivity index (χ4n) is 1.96. The molecule has 2 amide bonds. The maximum absolute atomic E-state index is 11.8. The van der Waals surface area contributed by atoms with Gasteiger partial charge in [-0.05, 0) is 25.0 Å². The summed E-state index contributed by atoms with van der Waals surface area (Å²) in [5, 5.41) is 6.41. The Bertz CT molecular complexity index is 694. The number of nitrogens with zero attached hydrogens (tertiary/aromatic N) is 1. The summed E-state index contributed by atoms with van der Waals surface area (Å²) < 4.78 is 0. The Kier molecular flexibility index (Phi) is 5.63. The van der Waals surface area contributed by atoms with Crippen LogP contribution < -0.4 is 10.7 Å². The first-order valence-corrected chi connectivity index (χ1v) is 7.32. The molecule has 0 aliphatic heterocycles. The van der Waals surface area contributed by atoms with Gasteiger partial charge in [-0.15, -0.1) is 0 Å². The van der Waals surface area contributed by atoms with Crippen molar-refractivity contribution in [3.8, 4) is 0 Å². The zero-order valence-corrected chi connectivity index (χ0v) is 13.1. The highest BCUT2D eigenvalue weighted by Crippen LogP contribution is 2.10. The lowest BCUT2D eigenvalue weighted by atomic mass is 10.1. The number of hydrogen-bond donors (Lipinski definition) is 2. The Morgan fingerprint density at radius 1 is 1.00 bits per heavy atom. The first kappa shape index (κ1) is 16.4. The van der Waals surface area contributed by atoms with Crippen LogP contribution in [0.2, 0.25) is 0 Å². The van der Waals surface area contributed by atoms with E-state index in [-0.39, 0.29) is 6.04 Å². The van der Waals surface area contributed by atoms with E-state index in [4.69, 9.17) is 0 Å². The molecule has 0 aliphatic carbocycles. The number of aryl methyl sites for hydroxylation is 1. The van der Waals surface area contributed by atoms with Crippen LogP contribution in [0.1, 0.15) is 29.7 Å². The van der Waals surface area contributed by atoms with Gasteiger partial charge in [0.2, 0.25) is 0 Å². The van der Waals surface area contributed by atoms with Crippen molar-refractivity contribution >= 4 is 18.0 Å². The molecule has 1 atom stereocenters. The zero-order valence-electron chi connectivity index (χ0n) is 13.1. The number of carbonyl (C=O) groups is 2. The molecule has 0 aromatic heterocycles. The third-order valence-electron chi connectivity index (χ3n) is 3.31. The summed E-state index contributed by atoms with van der Waals surface area (Å²) in [5.74, 6) is -1.52. The molecular weight excluding hydrogens is 290 g/mol. The number of rotatable bonds is 4. The van der Waals surface area contributed by atoms with E-state index in [0.717, 1.165) is 16.7 Å². The minimum atomic E-state index is -0.795. The molecule has 5 nitrogen and oxygen atoms in total. The van der Waals surface area contributed by atoms with E-state index in [0.29, 0.717) is 0 Å². The smallest absolute Gasteiger partial charge is 0.329 e. The van der Waals surface area contributed by atoms with Gasteiger partial charge in [0.25, 0.3) is 0 Å². The van der Waals surface area contributed by atoms with Crippen LogP contribution in [0.3, 0.4) is 0 Å². The summed E-state index contributed by atoms with van der Waals surface area (Å²) >= 11 is 0. The average molecular weight is 309 g/mol. The SMILES string of the molecule is Cc1ccc(/C=N\NC(=O)C(=O)N[C@H](C)c2ccccc2)cc1. The van der Waals surface area contributed by atoms with Crippen LogP contribution >= 0.6 is 0 Å². The monoisotopic (exact) mass is 309 g/mol. The normalized spacial score (nSPS) is 11.9. The lowest BCUT2D eigenvalue weighted by molar-refractivity contribution is -0.139. The molecule has 2 N–H and O–H groups in total. The highest BCUT2D eigenvalue weighted by atomic mass is 16.2. The first-order valence-electron chi connectivity index (χ1n) is 7.32. The molecule has 0 bridgehead atoms. The molecule has 2 aromatic carbocycles. The van der Waals surface area contributed by atoms with Gasteiger partial charge >= 0.3 is 11.8 Å². The van der Waals surface area contributed by atoms with E-state index in [2.05, 4.69) is 15.8 Å². The summed E-state index contributed by atoms with van der Waals surface area (Å²) in [6.45, 7) is 3.80. The van der Waals surface area contributed by atoms with Crippen LogP contribution in [0.25, 0.3) is 0 Å². The summed E-state index contributed by atoms with van der Waals surface area (Å²) in [4.78, 5) is 23.5. The molecule has 118 valence electrons. The van der Waals surface area contributed by atoms with E-state index < -0.39 is 11.8 Å². The van der Waals surface area contributed by atoms with Crippen LogP contribution in [-0.4, -0.2) is 18.0 Å². The molecule has 0 saturated heterocycles. The van der Waals surface area contributed by atoms with Gasteiger partial charge in [-0.2, -0.15) is 5.10 Å². The molecule has 0 radical (unpaired) electrons. The van der Waals surface area contributed by atoms with Gasteiger partial charge < -0.3 is 5.32 Å². The van der Waals surface area contributed by atoms with Gasteiger partial charge in [0, 0.05) is 0 Å². The second-order valence-electron chi connectivity index (χ2n) is 5.22. The van der Waals surface area contributed by atoms with Crippen molar-refractivity contribution in [2.24, 2.45) is 5.10 Å². The molecule has 0 aliphatic rings. The molecule has 2 aromatic rings. The van der Waals surface area contributed by atoms with Crippen LogP contribution in [0.4, 0.5) is 0 Å². The molecular formula is C18H19N3O2. The lowest BCUT2D eigenvalue weighted by Crippen LogP contribution is -2.39. The Morgan fingerprint density at radius 3 is 2.30 bits per heavy atom. The van der Waals surface area contributed by atoms with E-state index in [9.17, 15) is 9.59 Å². The van der Waals surface area contributed by atoms with Crippen molar-refractivity contribution in [2.75, 3.05) is 0 Å². The first-order chi connectivity index (χ1) is 11.1. The third-order valence-corrected chi connectivity index (χ3v) is 3.31. The van der Waals surface area contributed by atoms with E-state index in [1.807, 2.05) is 68.4 Å². The van der Waals surface area contributed by atoms with Crippen molar-refractivity contribution in [1.82, 2.24) is 10.7 Å². The van der Waals surface area contributed by atoms with Gasteiger partial charge in [-0.3, -0.25) is 9.59 Å². The summed E-state index contributed by atoms with van der Waals surface area (Å²) in [5.41, 5.74) is 5.13. The molecule has 0 heterocycles. The van der Waals surface area contributed by atoms with Gasteiger partial charge in [-0.25, -0.2) is 5.43 Å². The molecule has 23 heavy (non-hydrogen) atoms. The minimum Gasteiger partial charge on any atom is -0.341 e. The van der Waals surface area contributed by atoms with Crippen molar-refractivity contribution < 1.29 is 9.59 Å². The summed E-state index contributed by atoms with van der Waals surface area (Å²) in [7, 11) is 0. The fourth-order valence-corrected chi connectivity index (χ4v) is 1.96. The van der Waals surface area contributed by atoms with Crippen LogP contribution in [0.5, 0.6) is 0 Å². The lowest BCUT2D eigenvalue weighted by Gasteiger charge is -2.13. The molecule has 2 rings (SSSR count). The quantitative estimate of drug-likeness (QED) is 0.517. The van der Waals surface area contributed by atoms with Crippen molar-refractivity contribution in [3.63, 3.8) is 0 Å². The number of carbonyl (C=O) groups excluding carboxylic acids is 2. The molecule has 0 unspecified atom stereocenters. The Balaban J connectivity index is 1.85. The molecule has 0 spiro atoms. The van der Waals surface area contributed by atoms with Gasteiger partial charge in [0.15, 0.2) is 0 Å². The molecule has 0 saturated carbocycles. The minimum absolute atomic E-state index is 0.254. The maximum atomic E-state index is 11.8. The van der Waals surface area contributed by atoms with E-state index in [1.165, 1.54) is 6.21 Å². The van der Waals surface area contributed by atoms with Crippen LogP contribution in [0.15, 0.2) is 59.7 Å². The van der Waals surface area contributed by atoms with E-state index in [1.54, 1.807) is 0 Å². The highest BCUT2D eigenvalue weighted by molar-refractivity contribution is 6.35. The van der Waals surface area contributed by atoms with Crippen molar-refractivity contribution in [2.45, 2.75) is 19.9 Å². The highest BCUT2D eigenvalue weighted by Gasteiger charge is 2.16. The number of amides is 2. The average Bonchev–Trinajstić information content (AvgIpc) is 2.57. The second kappa shape index (κ2) is 7.89. The molecule has 5 heteroatoms. The summed E-state index contributed by atoms with van der Waals surface area (Å²) in [6, 6.07) is 16.8. The third kappa shape index (κ3) is 5.07. The predicted octanol–water partition coefficient (Wildman–Crippen LogP) is 2.32. The standard InChI is InChI=1S/C18H19N3O2/c1-13-8-10-15(11-9-13)12-19-21-18(23)17(22)20-14(2)16-6-4-3-5-7-16/h3-12,14H,1-2H3,(H,20,22)(H,21,23)/b19-12-/t14-/m1/s1. The van der Waals surface area contributed by atoms with Crippen LogP contribution in [0, 0.1) is 6.92 Å². The largest absolute Gasteiger partial charge is 0.341 e. The van der Waals surface area contributed by atoms with E-state index >= 15 is 0 Å². The summed E-state index contributed by atoms with van der Waals surface area (Å²) in [6.07, 6.45) is 1.49. The van der Waals surface area contributed by atoms with Gasteiger partial charge in [0.05, 0.1) is 12.3 Å². The van der Waals surface area contributed by atoms with Gasteiger partial charge in [-0.1, -0.05) is 60.2 Å². The fraction of sp³-hybridized carbons (Fsp3) is 0.167. The molecule has 0 fully saturated rings. The number of hydrogen-bond acceptors (Lipinski definition) is 3. The number of benzene rings is 2. The maximum Gasteiger partial charge on any atom is 0.329 e. The predicted molar refractivity (Wildman–Crippen MR) is 89.9 cm³/mol. The van der Waals surface area contributed by atoms with Crippen molar-refractivity contribution in [3.05, 3.63) is 71.3 Å². The topological polar surface area (TPSA) is 70.6 Å². The Hall–Kier alpha value is -2.95. The number of nitrogens with one attached hydrogen (secondary N) is 2. The Morgan fingerprint density at radius 2 is 1.65 bits per heavy atom. The zero-order chi connectivity index (χ0) is 16.7. The Labute approximate surface area is 135 Å². The van der Waals surface area contributed by atoms with Crippen LogP contribution in [-0.2, 0) is 9.59 Å². The van der Waals surface area contributed by atoms with Crippen molar-refractivity contribution in [1.29, 1.82) is 0 Å².